The van der Waals surface area contributed by atoms with Crippen LogP contribution in [0.1, 0.15) is 45.4 Å². The number of alkyl halides is 3. The zero-order valence-electron chi connectivity index (χ0n) is 15.4. The number of anilines is 1. The van der Waals surface area contributed by atoms with Crippen molar-refractivity contribution in [1.82, 2.24) is 4.90 Å². The van der Waals surface area contributed by atoms with Crippen molar-refractivity contribution >= 4 is 28.8 Å². The van der Waals surface area contributed by atoms with Gasteiger partial charge in [-0.15, -0.1) is 11.3 Å². The van der Waals surface area contributed by atoms with E-state index in [1.54, 1.807) is 6.92 Å². The number of aryl methyl sites for hydroxylation is 2. The van der Waals surface area contributed by atoms with E-state index in [0.29, 0.717) is 4.88 Å². The van der Waals surface area contributed by atoms with E-state index >= 15 is 0 Å². The van der Waals surface area contributed by atoms with Crippen LogP contribution in [0.2, 0.25) is 0 Å². The third kappa shape index (κ3) is 4.55. The van der Waals surface area contributed by atoms with Crippen LogP contribution >= 0.6 is 11.3 Å². The van der Waals surface area contributed by atoms with Crippen LogP contribution in [0.25, 0.3) is 0 Å². The second-order valence-corrected chi connectivity index (χ2v) is 7.81. The highest BCUT2D eigenvalue weighted by molar-refractivity contribution is 7.14. The number of amides is 2. The molecule has 1 aliphatic rings. The van der Waals surface area contributed by atoms with Gasteiger partial charge in [0.25, 0.3) is 5.91 Å². The first-order valence-corrected chi connectivity index (χ1v) is 9.98. The molecule has 1 aliphatic carbocycles. The van der Waals surface area contributed by atoms with Crippen molar-refractivity contribution < 1.29 is 22.8 Å². The molecule has 0 atom stereocenters. The van der Waals surface area contributed by atoms with E-state index in [9.17, 15) is 22.8 Å². The highest BCUT2D eigenvalue weighted by Gasteiger charge is 2.33. The van der Waals surface area contributed by atoms with Crippen molar-refractivity contribution in [3.8, 4) is 0 Å². The van der Waals surface area contributed by atoms with E-state index in [1.165, 1.54) is 44.9 Å². The van der Waals surface area contributed by atoms with E-state index in [1.807, 2.05) is 6.07 Å². The Hall–Kier alpha value is -2.35. The van der Waals surface area contributed by atoms with Crippen molar-refractivity contribution in [2.45, 2.75) is 38.8 Å². The summed E-state index contributed by atoms with van der Waals surface area (Å²) in [4.78, 5) is 28.3. The Kier molecular flexibility index (Phi) is 6.07. The summed E-state index contributed by atoms with van der Waals surface area (Å²) in [5.74, 6) is -0.922. The van der Waals surface area contributed by atoms with Crippen LogP contribution in [0.3, 0.4) is 0 Å². The molecule has 0 unspecified atom stereocenters. The van der Waals surface area contributed by atoms with Gasteiger partial charge in [-0.3, -0.25) is 9.59 Å². The highest BCUT2D eigenvalue weighted by Crippen LogP contribution is 2.34. The second kappa shape index (κ2) is 8.34. The predicted octanol–water partition coefficient (Wildman–Crippen LogP) is 4.75. The van der Waals surface area contributed by atoms with E-state index in [2.05, 4.69) is 5.32 Å². The topological polar surface area (TPSA) is 49.4 Å². The second-order valence-electron chi connectivity index (χ2n) is 6.68. The summed E-state index contributed by atoms with van der Waals surface area (Å²) in [5.41, 5.74) is -0.0297. The fourth-order valence-electron chi connectivity index (χ4n) is 3.28. The Morgan fingerprint density at radius 3 is 2.57 bits per heavy atom. The number of hydrogen-bond acceptors (Lipinski definition) is 3. The first kappa shape index (κ1) is 20.4. The zero-order chi connectivity index (χ0) is 20.3. The predicted molar refractivity (Wildman–Crippen MR) is 103 cm³/mol. The molecule has 28 heavy (non-hydrogen) atoms. The molecule has 8 heteroatoms. The number of hydrogen-bond donors (Lipinski definition) is 1. The normalized spacial score (nSPS) is 13.7. The van der Waals surface area contributed by atoms with Gasteiger partial charge < -0.3 is 10.2 Å². The summed E-state index contributed by atoms with van der Waals surface area (Å²) in [6.45, 7) is 1.72. The van der Waals surface area contributed by atoms with E-state index in [4.69, 9.17) is 0 Å². The number of rotatable bonds is 5. The number of nitrogens with one attached hydrogen (secondary N) is 1. The molecule has 4 nitrogen and oxygen atoms in total. The molecule has 0 fully saturated rings. The van der Waals surface area contributed by atoms with Crippen LogP contribution in [-0.4, -0.2) is 29.8 Å². The van der Waals surface area contributed by atoms with Crippen LogP contribution in [0.15, 0.2) is 30.3 Å². The molecular weight excluding hydrogens is 389 g/mol. The number of thiophene rings is 1. The smallest absolute Gasteiger partial charge is 0.329 e. The fraction of sp³-hybridized carbons (Fsp3) is 0.400. The third-order valence-electron chi connectivity index (χ3n) is 4.72. The SMILES string of the molecule is CCN(CC(=O)Nc1ccccc1C(F)(F)F)C(=O)c1cc2c(s1)CCCC2. The molecule has 0 saturated heterocycles. The van der Waals surface area contributed by atoms with E-state index < -0.39 is 17.6 Å². The zero-order valence-corrected chi connectivity index (χ0v) is 16.3. The molecule has 2 aromatic rings. The maximum absolute atomic E-state index is 13.1. The van der Waals surface area contributed by atoms with Gasteiger partial charge >= 0.3 is 6.18 Å². The number of halogens is 3. The molecule has 1 aromatic carbocycles. The maximum atomic E-state index is 13.1. The lowest BCUT2D eigenvalue weighted by atomic mass is 9.99. The standard InChI is InChI=1S/C20H21F3N2O2S/c1-2-25(19(27)17-11-13-7-3-6-10-16(13)28-17)12-18(26)24-15-9-5-4-8-14(15)20(21,22)23/h4-5,8-9,11H,2-3,6-7,10,12H2,1H3,(H,24,26). The van der Waals surface area contributed by atoms with E-state index in [-0.39, 0.29) is 24.7 Å². The minimum Gasteiger partial charge on any atom is -0.329 e. The summed E-state index contributed by atoms with van der Waals surface area (Å²) < 4.78 is 39.2. The Balaban J connectivity index is 1.70. The van der Waals surface area contributed by atoms with Crippen LogP contribution in [-0.2, 0) is 23.8 Å². The molecule has 0 saturated carbocycles. The summed E-state index contributed by atoms with van der Waals surface area (Å²) >= 11 is 1.45. The Morgan fingerprint density at radius 2 is 1.89 bits per heavy atom. The van der Waals surface area contributed by atoms with Gasteiger partial charge in [0, 0.05) is 11.4 Å². The molecule has 3 rings (SSSR count). The minimum atomic E-state index is -4.57. The number of para-hydroxylation sites is 1. The largest absolute Gasteiger partial charge is 0.418 e. The van der Waals surface area contributed by atoms with Crippen molar-refractivity contribution in [1.29, 1.82) is 0 Å². The monoisotopic (exact) mass is 410 g/mol. The Morgan fingerprint density at radius 1 is 1.18 bits per heavy atom. The van der Waals surface area contributed by atoms with Gasteiger partial charge in [-0.25, -0.2) is 0 Å². The molecule has 1 heterocycles. The van der Waals surface area contributed by atoms with Crippen LogP contribution in [0, 0.1) is 0 Å². The molecule has 0 bridgehead atoms. The number of carbonyl (C=O) groups excluding carboxylic acids is 2. The molecule has 0 spiro atoms. The third-order valence-corrected chi connectivity index (χ3v) is 5.94. The van der Waals surface area contributed by atoms with Crippen LogP contribution in [0.4, 0.5) is 18.9 Å². The number of nitrogens with zero attached hydrogens (tertiary/aromatic N) is 1. The van der Waals surface area contributed by atoms with Crippen LogP contribution in [0.5, 0.6) is 0 Å². The van der Waals surface area contributed by atoms with Gasteiger partial charge in [-0.1, -0.05) is 12.1 Å². The van der Waals surface area contributed by atoms with Crippen molar-refractivity contribution in [3.63, 3.8) is 0 Å². The molecule has 1 aromatic heterocycles. The highest BCUT2D eigenvalue weighted by atomic mass is 32.1. The van der Waals surface area contributed by atoms with Gasteiger partial charge in [0.15, 0.2) is 0 Å². The van der Waals surface area contributed by atoms with Gasteiger partial charge in [0.1, 0.15) is 6.54 Å². The van der Waals surface area contributed by atoms with Gasteiger partial charge in [0.2, 0.25) is 5.91 Å². The summed E-state index contributed by atoms with van der Waals surface area (Å²) in [5, 5.41) is 2.29. The molecule has 150 valence electrons. The van der Waals surface area contributed by atoms with Gasteiger partial charge in [-0.05, 0) is 56.4 Å². The average Bonchev–Trinajstić information content (AvgIpc) is 3.09. The Labute approximate surface area is 165 Å². The number of likely N-dealkylation sites (N-methyl/N-ethyl adjacent to an activating group) is 1. The first-order valence-electron chi connectivity index (χ1n) is 9.16. The maximum Gasteiger partial charge on any atom is 0.418 e. The van der Waals surface area contributed by atoms with Gasteiger partial charge in [0.05, 0.1) is 16.1 Å². The average molecular weight is 410 g/mol. The minimum absolute atomic E-state index is 0.263. The van der Waals surface area contributed by atoms with E-state index in [0.717, 1.165) is 31.7 Å². The Bertz CT molecular complexity index is 853. The lowest BCUT2D eigenvalue weighted by molar-refractivity contribution is -0.137. The number of benzene rings is 1. The quantitative estimate of drug-likeness (QED) is 0.774. The lowest BCUT2D eigenvalue weighted by Gasteiger charge is -2.20. The number of carbonyl (C=O) groups is 2. The summed E-state index contributed by atoms with van der Waals surface area (Å²) in [6.07, 6.45) is -0.427. The first-order chi connectivity index (χ1) is 13.3. The van der Waals surface area contributed by atoms with Crippen molar-refractivity contribution in [2.24, 2.45) is 0 Å². The molecule has 2 amide bonds. The molecule has 0 radical (unpaired) electrons. The lowest BCUT2D eigenvalue weighted by Crippen LogP contribution is -2.37. The number of fused-ring (bicyclic) bond motifs is 1. The fourth-order valence-corrected chi connectivity index (χ4v) is 4.50. The molecular formula is C20H21F3N2O2S. The van der Waals surface area contributed by atoms with Gasteiger partial charge in [-0.2, -0.15) is 13.2 Å². The summed E-state index contributed by atoms with van der Waals surface area (Å²) in [7, 11) is 0. The molecule has 0 aliphatic heterocycles. The summed E-state index contributed by atoms with van der Waals surface area (Å²) in [6, 6.07) is 6.68. The molecule has 1 N–H and O–H groups in total. The van der Waals surface area contributed by atoms with Crippen molar-refractivity contribution in [3.05, 3.63) is 51.2 Å². The van der Waals surface area contributed by atoms with Crippen LogP contribution < -0.4 is 5.32 Å². The van der Waals surface area contributed by atoms with Crippen molar-refractivity contribution in [2.75, 3.05) is 18.4 Å².